The molecule has 1 aliphatic rings. The van der Waals surface area contributed by atoms with E-state index in [1.165, 1.54) is 9.80 Å². The average Bonchev–Trinajstić information content (AvgIpc) is 2.79. The van der Waals surface area contributed by atoms with Gasteiger partial charge in [-0.25, -0.2) is 0 Å². The van der Waals surface area contributed by atoms with Crippen molar-refractivity contribution in [1.29, 1.82) is 0 Å². The average molecular weight is 416 g/mol. The largest absolute Gasteiger partial charge is 0.493 e. The van der Waals surface area contributed by atoms with Gasteiger partial charge < -0.3 is 28.9 Å². The number of likely N-dealkylation sites (N-methyl/N-ethyl adjacent to an activating group) is 1. The van der Waals surface area contributed by atoms with Gasteiger partial charge in [0.25, 0.3) is 5.91 Å². The molecule has 162 valence electrons. The van der Waals surface area contributed by atoms with Gasteiger partial charge >= 0.3 is 0 Å². The molecule has 0 atom stereocenters. The highest BCUT2D eigenvalue weighted by Gasteiger charge is 2.28. The summed E-state index contributed by atoms with van der Waals surface area (Å²) in [5.74, 6) is 2.19. The zero-order valence-electron chi connectivity index (χ0n) is 18.4. The monoisotopic (exact) mass is 415 g/mol. The summed E-state index contributed by atoms with van der Waals surface area (Å²) in [7, 11) is 6.76. The maximum atomic E-state index is 12.7. The van der Waals surface area contributed by atoms with Crippen molar-refractivity contribution in [3.63, 3.8) is 0 Å². The molecule has 1 fully saturated rings. The predicted octanol–water partition coefficient (Wildman–Crippen LogP) is -0.341. The first-order valence-corrected chi connectivity index (χ1v) is 10.3. The molecule has 0 saturated carbocycles. The Kier molecular flexibility index (Phi) is 7.54. The fourth-order valence-corrected chi connectivity index (χ4v) is 4.01. The topological polar surface area (TPSA) is 56.9 Å². The second kappa shape index (κ2) is 10.3. The van der Waals surface area contributed by atoms with E-state index in [0.29, 0.717) is 18.0 Å². The first kappa shape index (κ1) is 21.9. The molecule has 1 saturated heterocycles. The van der Waals surface area contributed by atoms with E-state index < -0.39 is 0 Å². The Hall–Kier alpha value is -2.77. The molecule has 2 aromatic carbocycles. The fraction of sp³-hybridized carbons (Fsp3) is 0.435. The molecule has 0 aromatic heterocycles. The third-order valence-electron chi connectivity index (χ3n) is 5.81. The number of piperazine rings is 1. The SMILES string of the molecule is COc1ccc(C[NH+]2CC[NH+](CC(=O)N(C)c3ccccc3)CC2)c(OC)c1OC. The Balaban J connectivity index is 1.55. The molecular formula is C23H33N3O4+2. The van der Waals surface area contributed by atoms with Gasteiger partial charge in [-0.05, 0) is 24.3 Å². The molecule has 0 bridgehead atoms. The van der Waals surface area contributed by atoms with Gasteiger partial charge in [0.1, 0.15) is 32.7 Å². The quantitative estimate of drug-likeness (QED) is 0.620. The lowest BCUT2D eigenvalue weighted by molar-refractivity contribution is -1.02. The molecule has 1 aliphatic heterocycles. The van der Waals surface area contributed by atoms with Crippen molar-refractivity contribution >= 4 is 11.6 Å². The molecule has 30 heavy (non-hydrogen) atoms. The van der Waals surface area contributed by atoms with Gasteiger partial charge in [-0.3, -0.25) is 4.79 Å². The number of hydrogen-bond acceptors (Lipinski definition) is 4. The maximum absolute atomic E-state index is 12.7. The predicted molar refractivity (Wildman–Crippen MR) is 116 cm³/mol. The van der Waals surface area contributed by atoms with Crippen molar-refractivity contribution in [1.82, 2.24) is 0 Å². The Morgan fingerprint density at radius 2 is 1.50 bits per heavy atom. The van der Waals surface area contributed by atoms with Crippen molar-refractivity contribution in [2.24, 2.45) is 0 Å². The van der Waals surface area contributed by atoms with Gasteiger partial charge in [-0.15, -0.1) is 0 Å². The number of benzene rings is 2. The summed E-state index contributed by atoms with van der Waals surface area (Å²) >= 11 is 0. The summed E-state index contributed by atoms with van der Waals surface area (Å²) in [5.41, 5.74) is 2.04. The summed E-state index contributed by atoms with van der Waals surface area (Å²) in [6, 6.07) is 13.8. The number of amides is 1. The van der Waals surface area contributed by atoms with Gasteiger partial charge in [0.15, 0.2) is 18.0 Å². The number of nitrogens with zero attached hydrogens (tertiary/aromatic N) is 1. The van der Waals surface area contributed by atoms with Crippen LogP contribution in [0.3, 0.4) is 0 Å². The molecule has 0 unspecified atom stereocenters. The molecule has 2 N–H and O–H groups in total. The second-order valence-corrected chi connectivity index (χ2v) is 7.64. The summed E-state index contributed by atoms with van der Waals surface area (Å²) in [5, 5.41) is 0. The first-order chi connectivity index (χ1) is 14.6. The van der Waals surface area contributed by atoms with E-state index in [1.54, 1.807) is 26.2 Å². The lowest BCUT2D eigenvalue weighted by atomic mass is 10.1. The molecule has 0 radical (unpaired) electrons. The molecule has 0 spiro atoms. The van der Waals surface area contributed by atoms with Crippen molar-refractivity contribution in [2.75, 3.05) is 66.0 Å². The van der Waals surface area contributed by atoms with Gasteiger partial charge in [-0.1, -0.05) is 18.2 Å². The minimum atomic E-state index is 0.154. The van der Waals surface area contributed by atoms with Crippen LogP contribution in [0.25, 0.3) is 0 Å². The number of rotatable bonds is 8. The lowest BCUT2D eigenvalue weighted by Crippen LogP contribution is -3.28. The highest BCUT2D eigenvalue weighted by Crippen LogP contribution is 2.39. The van der Waals surface area contributed by atoms with Gasteiger partial charge in [0.2, 0.25) is 5.75 Å². The molecule has 1 amide bonds. The van der Waals surface area contributed by atoms with Crippen molar-refractivity contribution in [2.45, 2.75) is 6.54 Å². The molecule has 7 heteroatoms. The summed E-state index contributed by atoms with van der Waals surface area (Å²) in [6.07, 6.45) is 0. The van der Waals surface area contributed by atoms with Crippen LogP contribution < -0.4 is 28.9 Å². The van der Waals surface area contributed by atoms with Gasteiger partial charge in [-0.2, -0.15) is 0 Å². The Morgan fingerprint density at radius 1 is 0.867 bits per heavy atom. The van der Waals surface area contributed by atoms with E-state index in [2.05, 4.69) is 0 Å². The molecule has 7 nitrogen and oxygen atoms in total. The van der Waals surface area contributed by atoms with E-state index in [0.717, 1.165) is 49.7 Å². The van der Waals surface area contributed by atoms with E-state index in [9.17, 15) is 4.79 Å². The summed E-state index contributed by atoms with van der Waals surface area (Å²) in [4.78, 5) is 17.2. The number of ether oxygens (including phenoxy) is 3. The fourth-order valence-electron chi connectivity index (χ4n) is 4.01. The molecule has 1 heterocycles. The number of carbonyl (C=O) groups excluding carboxylic acids is 1. The number of quaternary nitrogens is 2. The van der Waals surface area contributed by atoms with Crippen molar-refractivity contribution in [3.05, 3.63) is 48.0 Å². The number of hydrogen-bond donors (Lipinski definition) is 2. The van der Waals surface area contributed by atoms with Crippen LogP contribution in [0.5, 0.6) is 17.2 Å². The van der Waals surface area contributed by atoms with Gasteiger partial charge in [0, 0.05) is 12.7 Å². The molecule has 0 aliphatic carbocycles. The standard InChI is InChI=1S/C23H31N3O4/c1-24(19-8-6-5-7-9-19)21(27)17-26-14-12-25(13-15-26)16-18-10-11-20(28-2)23(30-4)22(18)29-3/h5-11H,12-17H2,1-4H3/p+2. The Morgan fingerprint density at radius 3 is 2.10 bits per heavy atom. The van der Waals surface area contributed by atoms with Crippen LogP contribution >= 0.6 is 0 Å². The number of anilines is 1. The first-order valence-electron chi connectivity index (χ1n) is 10.3. The highest BCUT2D eigenvalue weighted by atomic mass is 16.5. The molecule has 2 aromatic rings. The summed E-state index contributed by atoms with van der Waals surface area (Å²) in [6.45, 7) is 5.34. The van der Waals surface area contributed by atoms with Crippen LogP contribution in [-0.4, -0.2) is 67.0 Å². The van der Waals surface area contributed by atoms with Crippen LogP contribution in [-0.2, 0) is 11.3 Å². The molecular weight excluding hydrogens is 382 g/mol. The second-order valence-electron chi connectivity index (χ2n) is 7.64. The zero-order valence-corrected chi connectivity index (χ0v) is 18.4. The number of methoxy groups -OCH3 is 3. The van der Waals surface area contributed by atoms with E-state index in [1.807, 2.05) is 49.5 Å². The van der Waals surface area contributed by atoms with Crippen molar-refractivity contribution in [3.8, 4) is 17.2 Å². The summed E-state index contributed by atoms with van der Waals surface area (Å²) < 4.78 is 16.5. The van der Waals surface area contributed by atoms with E-state index in [4.69, 9.17) is 14.2 Å². The van der Waals surface area contributed by atoms with E-state index >= 15 is 0 Å². The third-order valence-corrected chi connectivity index (χ3v) is 5.81. The lowest BCUT2D eigenvalue weighted by Gasteiger charge is -2.30. The highest BCUT2D eigenvalue weighted by molar-refractivity contribution is 5.93. The van der Waals surface area contributed by atoms with Crippen LogP contribution in [0.2, 0.25) is 0 Å². The number of para-hydroxylation sites is 1. The van der Waals surface area contributed by atoms with Crippen molar-refractivity contribution < 1.29 is 28.8 Å². The van der Waals surface area contributed by atoms with E-state index in [-0.39, 0.29) is 5.91 Å². The smallest absolute Gasteiger partial charge is 0.281 e. The van der Waals surface area contributed by atoms with Gasteiger partial charge in [0.05, 0.1) is 26.9 Å². The Bertz CT molecular complexity index is 836. The number of carbonyl (C=O) groups is 1. The zero-order chi connectivity index (χ0) is 21.5. The molecule has 3 rings (SSSR count). The maximum Gasteiger partial charge on any atom is 0.281 e. The third kappa shape index (κ3) is 5.04. The van der Waals surface area contributed by atoms with Crippen LogP contribution in [0.1, 0.15) is 5.56 Å². The number of nitrogens with one attached hydrogen (secondary N) is 2. The van der Waals surface area contributed by atoms with Crippen LogP contribution in [0, 0.1) is 0 Å². The van der Waals surface area contributed by atoms with Crippen LogP contribution in [0.15, 0.2) is 42.5 Å². The normalized spacial score (nSPS) is 18.5. The Labute approximate surface area is 178 Å². The minimum Gasteiger partial charge on any atom is -0.493 e. The minimum absolute atomic E-state index is 0.154. The van der Waals surface area contributed by atoms with Crippen LogP contribution in [0.4, 0.5) is 5.69 Å².